The van der Waals surface area contributed by atoms with Crippen LogP contribution >= 0.6 is 0 Å². The molecule has 1 atom stereocenters. The molecule has 1 saturated heterocycles. The largest absolute Gasteiger partial charge is 0.394 e. The number of aliphatic hydroxyl groups excluding tert-OH is 1. The summed E-state index contributed by atoms with van der Waals surface area (Å²) in [4.78, 5) is 16.0. The third kappa shape index (κ3) is 3.18. The van der Waals surface area contributed by atoms with Gasteiger partial charge in [0.15, 0.2) is 5.82 Å². The summed E-state index contributed by atoms with van der Waals surface area (Å²) in [6.07, 6.45) is 1.66. The van der Waals surface area contributed by atoms with Crippen molar-refractivity contribution in [1.82, 2.24) is 15.0 Å². The Bertz CT molecular complexity index is 882. The van der Waals surface area contributed by atoms with Gasteiger partial charge in [-0.05, 0) is 25.1 Å². The lowest BCUT2D eigenvalue weighted by atomic mass is 10.1. The summed E-state index contributed by atoms with van der Waals surface area (Å²) < 4.78 is 5.49. The quantitative estimate of drug-likeness (QED) is 0.791. The smallest absolute Gasteiger partial charge is 0.161 e. The Morgan fingerprint density at radius 3 is 2.88 bits per heavy atom. The van der Waals surface area contributed by atoms with E-state index in [4.69, 9.17) is 4.74 Å². The van der Waals surface area contributed by atoms with Crippen LogP contribution in [0.5, 0.6) is 0 Å². The van der Waals surface area contributed by atoms with Gasteiger partial charge in [0, 0.05) is 35.9 Å². The van der Waals surface area contributed by atoms with Crippen molar-refractivity contribution in [2.75, 3.05) is 31.2 Å². The molecule has 0 radical (unpaired) electrons. The number of aryl methyl sites for hydroxylation is 1. The van der Waals surface area contributed by atoms with Gasteiger partial charge >= 0.3 is 0 Å². The van der Waals surface area contributed by atoms with E-state index >= 15 is 0 Å². The lowest BCUT2D eigenvalue weighted by molar-refractivity contribution is 0.00336. The zero-order valence-corrected chi connectivity index (χ0v) is 14.1. The maximum atomic E-state index is 9.27. The summed E-state index contributed by atoms with van der Waals surface area (Å²) in [5, 5.41) is 10.3. The summed E-state index contributed by atoms with van der Waals surface area (Å²) in [5.74, 6) is 1.56. The zero-order chi connectivity index (χ0) is 17.2. The highest BCUT2D eigenvalue weighted by atomic mass is 16.5. The van der Waals surface area contributed by atoms with Crippen molar-refractivity contribution >= 4 is 16.7 Å². The lowest BCUT2D eigenvalue weighted by Crippen LogP contribution is -2.44. The Morgan fingerprint density at radius 1 is 1.20 bits per heavy atom. The number of fused-ring (bicyclic) bond motifs is 1. The number of hydrogen-bond donors (Lipinski definition) is 1. The first-order chi connectivity index (χ1) is 12.2. The molecule has 0 spiro atoms. The Balaban J connectivity index is 1.62. The minimum atomic E-state index is -0.151. The highest BCUT2D eigenvalue weighted by Crippen LogP contribution is 2.23. The third-order valence-corrected chi connectivity index (χ3v) is 4.47. The molecule has 1 fully saturated rings. The molecule has 6 heteroatoms. The number of benzene rings is 1. The summed E-state index contributed by atoms with van der Waals surface area (Å²) in [5.41, 5.74) is 2.79. The van der Waals surface area contributed by atoms with Crippen molar-refractivity contribution in [2.24, 2.45) is 0 Å². The Hall–Kier alpha value is -2.57. The number of anilines is 1. The molecule has 0 saturated carbocycles. The van der Waals surface area contributed by atoms with Crippen LogP contribution in [0.25, 0.3) is 22.3 Å². The minimum absolute atomic E-state index is 0.0266. The van der Waals surface area contributed by atoms with E-state index in [0.29, 0.717) is 19.0 Å². The summed E-state index contributed by atoms with van der Waals surface area (Å²) >= 11 is 0. The molecule has 6 nitrogen and oxygen atoms in total. The number of nitrogens with zero attached hydrogens (tertiary/aromatic N) is 4. The normalized spacial score (nSPS) is 17.8. The second-order valence-corrected chi connectivity index (χ2v) is 6.18. The van der Waals surface area contributed by atoms with Crippen LogP contribution < -0.4 is 4.90 Å². The van der Waals surface area contributed by atoms with Crippen molar-refractivity contribution in [3.05, 3.63) is 48.3 Å². The van der Waals surface area contributed by atoms with Gasteiger partial charge in [-0.25, -0.2) is 15.0 Å². The van der Waals surface area contributed by atoms with Crippen LogP contribution in [0.2, 0.25) is 0 Å². The average Bonchev–Trinajstić information content (AvgIpc) is 2.68. The second kappa shape index (κ2) is 6.74. The van der Waals surface area contributed by atoms with Crippen molar-refractivity contribution in [3.8, 4) is 11.4 Å². The van der Waals surface area contributed by atoms with E-state index in [2.05, 4.69) is 19.9 Å². The van der Waals surface area contributed by atoms with Crippen LogP contribution in [-0.4, -0.2) is 52.5 Å². The van der Waals surface area contributed by atoms with E-state index in [1.165, 1.54) is 0 Å². The first kappa shape index (κ1) is 15.9. The molecule has 1 aromatic carbocycles. The van der Waals surface area contributed by atoms with Crippen molar-refractivity contribution < 1.29 is 9.84 Å². The fourth-order valence-electron chi connectivity index (χ4n) is 3.11. The number of rotatable bonds is 3. The molecule has 3 heterocycles. The standard InChI is InChI=1S/C19H20N4O2/c1-13-16-4-2-3-5-17(16)22-19(21-13)14-6-7-18(20-10-14)23-8-9-25-15(11-23)12-24/h2-7,10,15,24H,8-9,11-12H2,1H3/t15-/m0/s1. The predicted octanol–water partition coefficient (Wildman–Crippen LogP) is 2.20. The molecular weight excluding hydrogens is 316 g/mol. The lowest BCUT2D eigenvalue weighted by Gasteiger charge is -2.32. The van der Waals surface area contributed by atoms with Gasteiger partial charge in [-0.15, -0.1) is 0 Å². The van der Waals surface area contributed by atoms with E-state index in [-0.39, 0.29) is 12.7 Å². The van der Waals surface area contributed by atoms with Crippen molar-refractivity contribution in [3.63, 3.8) is 0 Å². The van der Waals surface area contributed by atoms with Crippen LogP contribution in [-0.2, 0) is 4.74 Å². The maximum Gasteiger partial charge on any atom is 0.161 e. The molecule has 0 bridgehead atoms. The van der Waals surface area contributed by atoms with Crippen LogP contribution in [0.1, 0.15) is 5.69 Å². The molecule has 25 heavy (non-hydrogen) atoms. The van der Waals surface area contributed by atoms with Gasteiger partial charge in [0.2, 0.25) is 0 Å². The van der Waals surface area contributed by atoms with E-state index in [1.807, 2.05) is 49.5 Å². The molecule has 0 aliphatic carbocycles. The van der Waals surface area contributed by atoms with Crippen LogP contribution in [0.15, 0.2) is 42.6 Å². The molecule has 1 N–H and O–H groups in total. The SMILES string of the molecule is Cc1nc(-c2ccc(N3CCO[C@H](CO)C3)nc2)nc2ccccc12. The van der Waals surface area contributed by atoms with Gasteiger partial charge in [-0.1, -0.05) is 18.2 Å². The van der Waals surface area contributed by atoms with E-state index in [9.17, 15) is 5.11 Å². The van der Waals surface area contributed by atoms with Crippen LogP contribution in [0.3, 0.4) is 0 Å². The van der Waals surface area contributed by atoms with Gasteiger partial charge < -0.3 is 14.7 Å². The van der Waals surface area contributed by atoms with Crippen LogP contribution in [0, 0.1) is 6.92 Å². The topological polar surface area (TPSA) is 71.4 Å². The Morgan fingerprint density at radius 2 is 2.08 bits per heavy atom. The van der Waals surface area contributed by atoms with Gasteiger partial charge in [0.1, 0.15) is 5.82 Å². The Kier molecular flexibility index (Phi) is 4.29. The molecule has 0 amide bonds. The highest BCUT2D eigenvalue weighted by Gasteiger charge is 2.20. The fraction of sp³-hybridized carbons (Fsp3) is 0.316. The summed E-state index contributed by atoms with van der Waals surface area (Å²) in [6.45, 7) is 4.04. The summed E-state index contributed by atoms with van der Waals surface area (Å²) in [7, 11) is 0. The fourth-order valence-corrected chi connectivity index (χ4v) is 3.11. The average molecular weight is 336 g/mol. The molecule has 2 aromatic heterocycles. The second-order valence-electron chi connectivity index (χ2n) is 6.18. The highest BCUT2D eigenvalue weighted by molar-refractivity contribution is 5.82. The van der Waals surface area contributed by atoms with E-state index in [1.54, 1.807) is 0 Å². The molecule has 1 aliphatic heterocycles. The molecule has 1 aliphatic rings. The van der Waals surface area contributed by atoms with Crippen molar-refractivity contribution in [2.45, 2.75) is 13.0 Å². The number of pyridine rings is 1. The van der Waals surface area contributed by atoms with Crippen LogP contribution in [0.4, 0.5) is 5.82 Å². The van der Waals surface area contributed by atoms with Gasteiger partial charge in [-0.3, -0.25) is 0 Å². The molecule has 3 aromatic rings. The number of aromatic nitrogens is 3. The van der Waals surface area contributed by atoms with Gasteiger partial charge in [0.25, 0.3) is 0 Å². The number of ether oxygens (including phenoxy) is 1. The molecule has 4 rings (SSSR count). The third-order valence-electron chi connectivity index (χ3n) is 4.47. The van der Waals surface area contributed by atoms with E-state index in [0.717, 1.165) is 34.5 Å². The predicted molar refractivity (Wildman–Crippen MR) is 96.5 cm³/mol. The Labute approximate surface area is 146 Å². The molecule has 128 valence electrons. The first-order valence-corrected chi connectivity index (χ1v) is 8.42. The monoisotopic (exact) mass is 336 g/mol. The summed E-state index contributed by atoms with van der Waals surface area (Å²) in [6, 6.07) is 12.0. The van der Waals surface area contributed by atoms with Gasteiger partial charge in [-0.2, -0.15) is 0 Å². The zero-order valence-electron chi connectivity index (χ0n) is 14.1. The van der Waals surface area contributed by atoms with Crippen molar-refractivity contribution in [1.29, 1.82) is 0 Å². The maximum absolute atomic E-state index is 9.27. The minimum Gasteiger partial charge on any atom is -0.394 e. The number of hydrogen-bond acceptors (Lipinski definition) is 6. The van der Waals surface area contributed by atoms with E-state index < -0.39 is 0 Å². The van der Waals surface area contributed by atoms with Gasteiger partial charge in [0.05, 0.1) is 24.8 Å². The molecule has 0 unspecified atom stereocenters. The number of para-hydroxylation sites is 1. The first-order valence-electron chi connectivity index (χ1n) is 8.42. The molecular formula is C19H20N4O2. The number of morpholine rings is 1. The number of aliphatic hydroxyl groups is 1.